The number of likely N-dealkylation sites (N-methyl/N-ethyl adjacent to an activating group) is 1. The first kappa shape index (κ1) is 12.2. The van der Waals surface area contributed by atoms with Gasteiger partial charge in [-0.1, -0.05) is 12.5 Å². The van der Waals surface area contributed by atoms with E-state index >= 15 is 0 Å². The van der Waals surface area contributed by atoms with Crippen molar-refractivity contribution in [3.05, 3.63) is 12.2 Å². The summed E-state index contributed by atoms with van der Waals surface area (Å²) in [7, 11) is 2.09. The van der Waals surface area contributed by atoms with Crippen LogP contribution in [0.4, 0.5) is 0 Å². The van der Waals surface area contributed by atoms with Gasteiger partial charge in [-0.15, -0.1) is 0 Å². The van der Waals surface area contributed by atoms with Gasteiger partial charge in [0.2, 0.25) is 0 Å². The van der Waals surface area contributed by atoms with Gasteiger partial charge in [0.25, 0.3) is 0 Å². The first-order chi connectivity index (χ1) is 7.22. The largest absolute Gasteiger partial charge is 0.463 e. The molecule has 0 aromatic rings. The van der Waals surface area contributed by atoms with E-state index in [0.29, 0.717) is 6.61 Å². The average molecular weight is 211 g/mol. The van der Waals surface area contributed by atoms with Crippen molar-refractivity contribution in [3.63, 3.8) is 0 Å². The molecule has 1 aliphatic carbocycles. The molecular weight excluding hydrogens is 190 g/mol. The van der Waals surface area contributed by atoms with E-state index in [0.717, 1.165) is 19.0 Å². The lowest BCUT2D eigenvalue weighted by Gasteiger charge is -2.29. The van der Waals surface area contributed by atoms with Crippen LogP contribution in [0, 0.1) is 5.92 Å². The number of ether oxygens (including phenoxy) is 1. The van der Waals surface area contributed by atoms with Crippen molar-refractivity contribution in [1.29, 1.82) is 0 Å². The van der Waals surface area contributed by atoms with E-state index in [1.807, 2.05) is 13.0 Å². The maximum Gasteiger partial charge on any atom is 0.330 e. The summed E-state index contributed by atoms with van der Waals surface area (Å²) >= 11 is 0. The Labute approximate surface area is 92.1 Å². The molecule has 0 radical (unpaired) electrons. The van der Waals surface area contributed by atoms with Crippen LogP contribution in [0.1, 0.15) is 26.2 Å². The zero-order chi connectivity index (χ0) is 11.1. The van der Waals surface area contributed by atoms with Crippen molar-refractivity contribution in [3.8, 4) is 0 Å². The van der Waals surface area contributed by atoms with E-state index in [4.69, 9.17) is 4.74 Å². The molecule has 3 heteroatoms. The van der Waals surface area contributed by atoms with Crippen LogP contribution in [0.15, 0.2) is 12.2 Å². The number of hydrogen-bond donors (Lipinski definition) is 0. The van der Waals surface area contributed by atoms with Crippen LogP contribution in [0.3, 0.4) is 0 Å². The molecule has 0 aromatic heterocycles. The Kier molecular flexibility index (Phi) is 5.40. The van der Waals surface area contributed by atoms with Crippen LogP contribution in [0.2, 0.25) is 0 Å². The van der Waals surface area contributed by atoms with Gasteiger partial charge in [0.05, 0.1) is 6.61 Å². The third-order valence-corrected chi connectivity index (χ3v) is 2.75. The van der Waals surface area contributed by atoms with Crippen LogP contribution in [-0.4, -0.2) is 37.6 Å². The lowest BCUT2D eigenvalue weighted by molar-refractivity contribution is -0.137. The quantitative estimate of drug-likeness (QED) is 0.496. The van der Waals surface area contributed by atoms with Gasteiger partial charge in [0, 0.05) is 19.2 Å². The number of nitrogens with zero attached hydrogens (tertiary/aromatic N) is 1. The second kappa shape index (κ2) is 6.62. The molecule has 0 heterocycles. The molecule has 1 aliphatic rings. The Morgan fingerprint density at radius 2 is 2.27 bits per heavy atom. The summed E-state index contributed by atoms with van der Waals surface area (Å²) in [5.74, 6) is 0.639. The highest BCUT2D eigenvalue weighted by Crippen LogP contribution is 2.26. The summed E-state index contributed by atoms with van der Waals surface area (Å²) in [6, 6.07) is 0. The van der Waals surface area contributed by atoms with Gasteiger partial charge in [-0.3, -0.25) is 0 Å². The number of esters is 1. The first-order valence-electron chi connectivity index (χ1n) is 5.74. The van der Waals surface area contributed by atoms with Gasteiger partial charge in [-0.2, -0.15) is 0 Å². The van der Waals surface area contributed by atoms with E-state index in [-0.39, 0.29) is 5.97 Å². The fourth-order valence-corrected chi connectivity index (χ4v) is 1.71. The smallest absolute Gasteiger partial charge is 0.330 e. The Hall–Kier alpha value is -0.830. The number of carbonyl (C=O) groups excluding carboxylic acids is 1. The van der Waals surface area contributed by atoms with Crippen LogP contribution < -0.4 is 0 Å². The third kappa shape index (κ3) is 4.98. The molecule has 0 amide bonds. The van der Waals surface area contributed by atoms with Gasteiger partial charge >= 0.3 is 5.97 Å². The zero-order valence-corrected chi connectivity index (χ0v) is 9.74. The van der Waals surface area contributed by atoms with Crippen LogP contribution >= 0.6 is 0 Å². The molecule has 0 aromatic carbocycles. The highest BCUT2D eigenvalue weighted by atomic mass is 16.5. The van der Waals surface area contributed by atoms with Crippen LogP contribution in [-0.2, 0) is 9.53 Å². The maximum absolute atomic E-state index is 11.0. The first-order valence-corrected chi connectivity index (χ1v) is 5.74. The second-order valence-corrected chi connectivity index (χ2v) is 4.17. The molecule has 15 heavy (non-hydrogen) atoms. The summed E-state index contributed by atoms with van der Waals surface area (Å²) in [6.07, 6.45) is 7.51. The molecular formula is C12H21NO2. The van der Waals surface area contributed by atoms with Crippen molar-refractivity contribution in [2.24, 2.45) is 5.92 Å². The van der Waals surface area contributed by atoms with E-state index in [1.165, 1.54) is 25.3 Å². The van der Waals surface area contributed by atoms with Crippen LogP contribution in [0.5, 0.6) is 0 Å². The summed E-state index contributed by atoms with van der Waals surface area (Å²) in [6.45, 7) is 4.23. The minimum Gasteiger partial charge on any atom is -0.463 e. The van der Waals surface area contributed by atoms with Crippen molar-refractivity contribution in [2.45, 2.75) is 26.2 Å². The zero-order valence-electron chi connectivity index (χ0n) is 9.74. The third-order valence-electron chi connectivity index (χ3n) is 2.75. The Balaban J connectivity index is 2.09. The molecule has 0 spiro atoms. The molecule has 0 bridgehead atoms. The molecule has 0 saturated heterocycles. The van der Waals surface area contributed by atoms with Gasteiger partial charge < -0.3 is 9.64 Å². The highest BCUT2D eigenvalue weighted by molar-refractivity contribution is 5.81. The monoisotopic (exact) mass is 211 g/mol. The lowest BCUT2D eigenvalue weighted by Crippen LogP contribution is -2.29. The van der Waals surface area contributed by atoms with Gasteiger partial charge in [-0.05, 0) is 32.7 Å². The average Bonchev–Trinajstić information content (AvgIpc) is 2.12. The molecule has 0 N–H and O–H groups in total. The molecule has 1 saturated carbocycles. The van der Waals surface area contributed by atoms with Crippen molar-refractivity contribution in [1.82, 2.24) is 4.90 Å². The van der Waals surface area contributed by atoms with E-state index in [2.05, 4.69) is 11.9 Å². The highest BCUT2D eigenvalue weighted by Gasteiger charge is 2.18. The van der Waals surface area contributed by atoms with E-state index in [9.17, 15) is 4.79 Å². The van der Waals surface area contributed by atoms with Crippen molar-refractivity contribution in [2.75, 3.05) is 26.7 Å². The number of hydrogen-bond acceptors (Lipinski definition) is 3. The summed E-state index contributed by atoms with van der Waals surface area (Å²) in [4.78, 5) is 13.2. The Bertz CT molecular complexity index is 222. The van der Waals surface area contributed by atoms with Gasteiger partial charge in [0.1, 0.15) is 0 Å². The molecule has 1 rings (SSSR count). The van der Waals surface area contributed by atoms with E-state index in [1.54, 1.807) is 0 Å². The minimum atomic E-state index is -0.241. The van der Waals surface area contributed by atoms with Crippen molar-refractivity contribution < 1.29 is 9.53 Å². The Morgan fingerprint density at radius 1 is 1.53 bits per heavy atom. The Morgan fingerprint density at radius 3 is 2.80 bits per heavy atom. The molecule has 0 unspecified atom stereocenters. The van der Waals surface area contributed by atoms with Crippen molar-refractivity contribution >= 4 is 5.97 Å². The molecule has 3 nitrogen and oxygen atoms in total. The van der Waals surface area contributed by atoms with Crippen LogP contribution in [0.25, 0.3) is 0 Å². The summed E-state index contributed by atoms with van der Waals surface area (Å²) in [5.41, 5.74) is 0. The molecule has 1 fully saturated rings. The minimum absolute atomic E-state index is 0.241. The predicted octanol–water partition coefficient (Wildman–Crippen LogP) is 1.84. The lowest BCUT2D eigenvalue weighted by atomic mass is 9.85. The fourth-order valence-electron chi connectivity index (χ4n) is 1.71. The molecule has 0 atom stereocenters. The summed E-state index contributed by atoms with van der Waals surface area (Å²) < 4.78 is 4.79. The summed E-state index contributed by atoms with van der Waals surface area (Å²) in [5, 5.41) is 0. The fraction of sp³-hybridized carbons (Fsp3) is 0.750. The second-order valence-electron chi connectivity index (χ2n) is 4.17. The standard InChI is InChI=1S/C12H21NO2/c1-3-15-12(14)8-5-9-13(2)10-11-6-4-7-11/h5,8,11H,3-4,6-7,9-10H2,1-2H3/b8-5+. The SMILES string of the molecule is CCOC(=O)/C=C/CN(C)CC1CCC1. The van der Waals surface area contributed by atoms with E-state index < -0.39 is 0 Å². The maximum atomic E-state index is 11.0. The molecule has 86 valence electrons. The van der Waals surface area contributed by atoms with Gasteiger partial charge in [0.15, 0.2) is 0 Å². The number of rotatable bonds is 6. The molecule has 0 aliphatic heterocycles. The van der Waals surface area contributed by atoms with Gasteiger partial charge in [-0.25, -0.2) is 4.79 Å². The number of carbonyl (C=O) groups is 1. The normalized spacial score (nSPS) is 17.0. The topological polar surface area (TPSA) is 29.5 Å². The predicted molar refractivity (Wildman–Crippen MR) is 60.6 cm³/mol.